The van der Waals surface area contributed by atoms with E-state index in [4.69, 9.17) is 14.2 Å². The molecule has 0 amide bonds. The minimum absolute atomic E-state index is 1.58. The van der Waals surface area contributed by atoms with Crippen LogP contribution in [-0.4, -0.2) is 127 Å². The van der Waals surface area contributed by atoms with Crippen LogP contribution in [0.2, 0.25) is 0 Å². The molecule has 0 saturated carbocycles. The summed E-state index contributed by atoms with van der Waals surface area (Å²) in [5.41, 5.74) is 0. The fraction of sp³-hybridized carbons (Fsp3) is 1.00. The van der Waals surface area contributed by atoms with Gasteiger partial charge in [-0.1, -0.05) is 0 Å². The lowest BCUT2D eigenvalue weighted by molar-refractivity contribution is -0.834. The lowest BCUT2D eigenvalue weighted by atomic mass is 9.98. The van der Waals surface area contributed by atoms with E-state index in [0.29, 0.717) is 0 Å². The molecule has 0 radical (unpaired) electrons. The summed E-state index contributed by atoms with van der Waals surface area (Å²) < 4.78 is 165. The van der Waals surface area contributed by atoms with Gasteiger partial charge in [0.25, 0.3) is 0 Å². The van der Waals surface area contributed by atoms with E-state index in [1.807, 2.05) is 0 Å². The fourth-order valence-corrected chi connectivity index (χ4v) is 5.26. The first-order valence-corrected chi connectivity index (χ1v) is 16.2. The van der Waals surface area contributed by atoms with Gasteiger partial charge in [-0.3, -0.25) is 36.9 Å². The number of hydrogen-bond donors (Lipinski definition) is 0. The van der Waals surface area contributed by atoms with Crippen molar-refractivity contribution < 1.29 is 144 Å². The van der Waals surface area contributed by atoms with Gasteiger partial charge in [-0.2, -0.15) is 0 Å². The van der Waals surface area contributed by atoms with Crippen LogP contribution in [0.3, 0.4) is 0 Å². The SMILES string of the molecule is O=S(=O)([O-])OCC1O[C@@H](O[C@]2(COS(=O)(=O)[O-])O[C@H](COS(=O)(=O)[O-])[C@H](OS(=O)(=O)[O-])C2OO[O-])C(OO[O-])[C@@H](OO[O-])[C@@H]1OO[O-]. The Morgan fingerprint density at radius 3 is 1.49 bits per heavy atom. The molecule has 2 heterocycles. The van der Waals surface area contributed by atoms with Gasteiger partial charge in [0.1, 0.15) is 24.9 Å². The Balaban J connectivity index is 2.75. The predicted octanol–water partition coefficient (Wildman–Crippen LogP) is -10.5. The molecular formula is C12H14O31S4-8. The number of hydrogen-bond acceptors (Lipinski definition) is 31. The Hall–Kier alpha value is -1.12. The molecule has 9 atom stereocenters. The van der Waals surface area contributed by atoms with E-state index >= 15 is 0 Å². The number of ether oxygens (including phenoxy) is 3. The molecule has 35 heteroatoms. The molecule has 0 N–H and O–H groups in total. The van der Waals surface area contributed by atoms with Crippen molar-refractivity contribution in [2.45, 2.75) is 54.8 Å². The van der Waals surface area contributed by atoms with Crippen LogP contribution in [0.4, 0.5) is 0 Å². The van der Waals surface area contributed by atoms with Gasteiger partial charge >= 0.3 is 0 Å². The first kappa shape index (κ1) is 42.0. The summed E-state index contributed by atoms with van der Waals surface area (Å²) in [6, 6.07) is 0. The zero-order chi connectivity index (χ0) is 35.8. The molecule has 2 aliphatic rings. The Morgan fingerprint density at radius 2 is 1.02 bits per heavy atom. The smallest absolute Gasteiger partial charge is 0.229 e. The largest absolute Gasteiger partial charge is 0.726 e. The van der Waals surface area contributed by atoms with E-state index in [-0.39, 0.29) is 0 Å². The molecule has 2 aliphatic heterocycles. The quantitative estimate of drug-likeness (QED) is 0.0451. The van der Waals surface area contributed by atoms with Gasteiger partial charge in [-0.15, -0.1) is 0 Å². The summed E-state index contributed by atoms with van der Waals surface area (Å²) in [5, 5.41) is 55.9. The summed E-state index contributed by atoms with van der Waals surface area (Å²) in [7, 11) is -23.4. The highest BCUT2D eigenvalue weighted by Crippen LogP contribution is 2.41. The first-order valence-electron chi connectivity index (χ1n) is 10.9. The summed E-state index contributed by atoms with van der Waals surface area (Å²) in [6.07, 6.45) is -21.1. The van der Waals surface area contributed by atoms with E-state index in [1.54, 1.807) is 0 Å². The average molecular weight is 782 g/mol. The topological polar surface area (TPSA) is 459 Å². The molecule has 0 aromatic heterocycles. The molecule has 3 unspecified atom stereocenters. The van der Waals surface area contributed by atoms with E-state index in [9.17, 15) is 72.9 Å². The molecule has 0 spiro atoms. The summed E-state index contributed by atoms with van der Waals surface area (Å²) in [6.45, 7) is -5.34. The van der Waals surface area contributed by atoms with Gasteiger partial charge in [0, 0.05) is 0 Å². The Labute approximate surface area is 259 Å². The second kappa shape index (κ2) is 17.2. The van der Waals surface area contributed by atoms with Crippen LogP contribution >= 0.6 is 0 Å². The predicted molar refractivity (Wildman–Crippen MR) is 103 cm³/mol. The van der Waals surface area contributed by atoms with Crippen molar-refractivity contribution in [1.29, 1.82) is 0 Å². The second-order valence-corrected chi connectivity index (χ2v) is 12.3. The normalized spacial score (nSPS) is 32.5. The molecule has 47 heavy (non-hydrogen) atoms. The van der Waals surface area contributed by atoms with E-state index in [0.717, 1.165) is 0 Å². The van der Waals surface area contributed by atoms with Crippen LogP contribution in [0.1, 0.15) is 0 Å². The monoisotopic (exact) mass is 782 g/mol. The maximum absolute atomic E-state index is 11.4. The van der Waals surface area contributed by atoms with Crippen LogP contribution in [0, 0.1) is 0 Å². The molecular weight excluding hydrogens is 768 g/mol. The summed E-state index contributed by atoms with van der Waals surface area (Å²) in [4.78, 5) is 16.8. The third-order valence-electron chi connectivity index (χ3n) is 5.34. The summed E-state index contributed by atoms with van der Waals surface area (Å²) in [5.74, 6) is -3.62. The lowest BCUT2D eigenvalue weighted by Gasteiger charge is -2.46. The molecule has 280 valence electrons. The van der Waals surface area contributed by atoms with Crippen LogP contribution in [-0.2, 0) is 112 Å². The highest BCUT2D eigenvalue weighted by molar-refractivity contribution is 7.81. The van der Waals surface area contributed by atoms with Crippen molar-refractivity contribution in [2.24, 2.45) is 0 Å². The summed E-state index contributed by atoms with van der Waals surface area (Å²) >= 11 is 0. The molecule has 2 rings (SSSR count). The lowest BCUT2D eigenvalue weighted by Crippen LogP contribution is -2.65. The van der Waals surface area contributed by atoms with Crippen LogP contribution in [0.5, 0.6) is 0 Å². The van der Waals surface area contributed by atoms with Gasteiger partial charge in [0.2, 0.25) is 47.4 Å². The molecule has 0 aliphatic carbocycles. The van der Waals surface area contributed by atoms with Crippen LogP contribution in [0.25, 0.3) is 0 Å². The minimum atomic E-state index is -6.03. The van der Waals surface area contributed by atoms with Crippen molar-refractivity contribution in [3.63, 3.8) is 0 Å². The molecule has 2 saturated heterocycles. The van der Waals surface area contributed by atoms with Gasteiger partial charge in [-0.05, 0) is 0 Å². The van der Waals surface area contributed by atoms with Gasteiger partial charge in [0.05, 0.1) is 13.2 Å². The maximum Gasteiger partial charge on any atom is 0.229 e. The first-order chi connectivity index (χ1) is 21.6. The molecule has 0 bridgehead atoms. The highest BCUT2D eigenvalue weighted by Gasteiger charge is 2.63. The van der Waals surface area contributed by atoms with Gasteiger partial charge < -0.3 is 53.5 Å². The Bertz CT molecular complexity index is 1410. The second-order valence-electron chi connectivity index (χ2n) is 8.13. The molecule has 0 aromatic rings. The van der Waals surface area contributed by atoms with Crippen molar-refractivity contribution in [1.82, 2.24) is 0 Å². The average Bonchev–Trinajstić information content (AvgIpc) is 3.18. The molecule has 2 fully saturated rings. The Morgan fingerprint density at radius 1 is 0.553 bits per heavy atom. The van der Waals surface area contributed by atoms with E-state index < -0.39 is 116 Å². The fourth-order valence-electron chi connectivity index (χ4n) is 3.85. The van der Waals surface area contributed by atoms with E-state index in [1.165, 1.54) is 0 Å². The van der Waals surface area contributed by atoms with Crippen molar-refractivity contribution in [2.75, 3.05) is 19.8 Å². The third kappa shape index (κ3) is 13.3. The molecule has 31 nitrogen and oxygen atoms in total. The van der Waals surface area contributed by atoms with Gasteiger partial charge in [0.15, 0.2) is 30.7 Å². The highest BCUT2D eigenvalue weighted by atomic mass is 32.3. The minimum Gasteiger partial charge on any atom is -0.726 e. The van der Waals surface area contributed by atoms with Gasteiger partial charge in [-0.25, -0.2) is 53.2 Å². The number of rotatable bonds is 21. The maximum atomic E-state index is 11.4. The van der Waals surface area contributed by atoms with Crippen molar-refractivity contribution in [3.05, 3.63) is 0 Å². The Kier molecular flexibility index (Phi) is 15.4. The third-order valence-corrected chi connectivity index (χ3v) is 7.05. The standard InChI is InChI=1S/C12H22O31S4/c13-40-35-6-4(1-29-44(17,18)19)32-11(9(37-42-15)8(6)36-41-14)34-12(3-31-46(23,24)25)10(38-43-16)7(39-47(26,27)28)5(33-12)2-30-45(20,21)22/h4-11,13-16H,1-3H2,(H,17,18,19)(H,20,21,22)(H,23,24,25)(H,26,27,28)/p-8/t4?,5-,6-,7+,8+,9?,10?,11+,12+/m1/s1. The van der Waals surface area contributed by atoms with Crippen molar-refractivity contribution in [3.8, 4) is 0 Å². The van der Waals surface area contributed by atoms with Crippen molar-refractivity contribution >= 4 is 41.6 Å². The zero-order valence-corrected chi connectivity index (χ0v) is 24.8. The van der Waals surface area contributed by atoms with Crippen LogP contribution < -0.4 is 21.0 Å². The molecule has 0 aromatic carbocycles. The van der Waals surface area contributed by atoms with Crippen LogP contribution in [0.15, 0.2) is 0 Å². The van der Waals surface area contributed by atoms with E-state index in [2.05, 4.69) is 56.4 Å². The zero-order valence-electron chi connectivity index (χ0n) is 21.5.